The summed E-state index contributed by atoms with van der Waals surface area (Å²) in [5.41, 5.74) is 0.280. The predicted molar refractivity (Wildman–Crippen MR) is 140 cm³/mol. The zero-order valence-corrected chi connectivity index (χ0v) is 21.2. The van der Waals surface area contributed by atoms with Crippen LogP contribution < -0.4 is 21.3 Å². The Labute approximate surface area is 211 Å². The van der Waals surface area contributed by atoms with E-state index in [0.29, 0.717) is 28.8 Å². The number of thioether (sulfide) groups is 1. The summed E-state index contributed by atoms with van der Waals surface area (Å²) < 4.78 is 7.25. The minimum atomic E-state index is -0.728. The van der Waals surface area contributed by atoms with Crippen molar-refractivity contribution < 1.29 is 14.6 Å². The van der Waals surface area contributed by atoms with Gasteiger partial charge in [-0.1, -0.05) is 29.4 Å². The number of aromatic hydroxyl groups is 1. The lowest BCUT2D eigenvalue weighted by molar-refractivity contribution is -0.113. The molecule has 3 aromatic rings. The molecule has 0 bridgehead atoms. The van der Waals surface area contributed by atoms with Gasteiger partial charge < -0.3 is 15.2 Å². The molecule has 1 aromatic heterocycles. The zero-order valence-electron chi connectivity index (χ0n) is 19.7. The van der Waals surface area contributed by atoms with Crippen LogP contribution in [-0.4, -0.2) is 37.6 Å². The number of aliphatic imine (C=N–C) groups is 1. The third-order valence-corrected chi connectivity index (χ3v) is 6.40. The smallest absolute Gasteiger partial charge is 0.333 e. The third-order valence-electron chi connectivity index (χ3n) is 5.02. The van der Waals surface area contributed by atoms with Crippen molar-refractivity contribution in [3.05, 3.63) is 79.5 Å². The Balaban J connectivity index is 1.96. The van der Waals surface area contributed by atoms with Gasteiger partial charge in [-0.3, -0.25) is 18.7 Å². The first kappa shape index (κ1) is 26.1. The molecule has 9 nitrogen and oxygen atoms in total. The monoisotopic (exact) mass is 516 g/mol. The first-order valence-electron chi connectivity index (χ1n) is 10.6. The van der Waals surface area contributed by atoms with E-state index in [9.17, 15) is 19.5 Å². The van der Waals surface area contributed by atoms with Gasteiger partial charge in [0.1, 0.15) is 16.4 Å². The average Bonchev–Trinajstić information content (AvgIpc) is 2.83. The normalized spacial score (nSPS) is 11.4. The molecule has 0 aliphatic carbocycles. The van der Waals surface area contributed by atoms with Crippen molar-refractivity contribution in [2.45, 2.75) is 13.8 Å². The summed E-state index contributed by atoms with van der Waals surface area (Å²) >= 11 is 7.08. The second-order valence-electron chi connectivity index (χ2n) is 7.55. The molecular formula is C24H25ClN4O5S. The Morgan fingerprint density at radius 2 is 1.83 bits per heavy atom. The number of nitrogens with one attached hydrogen (secondary N) is 1. The Bertz CT molecular complexity index is 1400. The van der Waals surface area contributed by atoms with Gasteiger partial charge in [0, 0.05) is 24.8 Å². The molecule has 35 heavy (non-hydrogen) atoms. The van der Waals surface area contributed by atoms with Crippen molar-refractivity contribution in [2.75, 3.05) is 17.7 Å². The maximum Gasteiger partial charge on any atom is 0.333 e. The molecule has 2 aromatic carbocycles. The zero-order chi connectivity index (χ0) is 25.7. The fraction of sp³-hybridized carbons (Fsp3) is 0.250. The van der Waals surface area contributed by atoms with Crippen molar-refractivity contribution in [1.29, 1.82) is 0 Å². The van der Waals surface area contributed by atoms with Crippen LogP contribution in [-0.2, 0) is 18.9 Å². The van der Waals surface area contributed by atoms with Crippen LogP contribution >= 0.6 is 23.4 Å². The van der Waals surface area contributed by atoms with Crippen LogP contribution in [0.3, 0.4) is 0 Å². The van der Waals surface area contributed by atoms with Crippen molar-refractivity contribution in [1.82, 2.24) is 9.13 Å². The molecule has 0 saturated carbocycles. The topological polar surface area (TPSA) is 115 Å². The standard InChI is InChI=1S/C24H25ClN4O5S/c1-5-34-17-10-8-15(9-11-17)27-21(20-22(31)28(3)24(33)29(4)23(20)32)35-13-19(30)26-16-7-6-14(2)18(25)12-16/h6-12,31H,5,13H2,1-4H3,(H,26,30). The molecule has 2 N–H and O–H groups in total. The van der Waals surface area contributed by atoms with Crippen LogP contribution in [0, 0.1) is 6.92 Å². The number of hydrogen-bond donors (Lipinski definition) is 2. The molecule has 11 heteroatoms. The number of halogens is 1. The highest BCUT2D eigenvalue weighted by Gasteiger charge is 2.22. The van der Waals surface area contributed by atoms with E-state index < -0.39 is 17.1 Å². The Kier molecular flexibility index (Phi) is 8.42. The fourth-order valence-electron chi connectivity index (χ4n) is 3.08. The van der Waals surface area contributed by atoms with Crippen molar-refractivity contribution >= 4 is 45.7 Å². The molecular weight excluding hydrogens is 492 g/mol. The number of hydrogen-bond acceptors (Lipinski definition) is 7. The van der Waals surface area contributed by atoms with E-state index in [4.69, 9.17) is 16.3 Å². The Hall–Kier alpha value is -3.50. The third kappa shape index (κ3) is 6.14. The second-order valence-corrected chi connectivity index (χ2v) is 8.92. The molecule has 0 fully saturated rings. The number of carbonyl (C=O) groups excluding carboxylic acids is 1. The van der Waals surface area contributed by atoms with E-state index in [0.717, 1.165) is 26.5 Å². The van der Waals surface area contributed by atoms with Gasteiger partial charge in [0.15, 0.2) is 0 Å². The first-order valence-corrected chi connectivity index (χ1v) is 12.0. The van der Waals surface area contributed by atoms with E-state index >= 15 is 0 Å². The molecule has 0 atom stereocenters. The molecule has 184 valence electrons. The van der Waals surface area contributed by atoms with Crippen LogP contribution in [0.4, 0.5) is 11.4 Å². The minimum Gasteiger partial charge on any atom is -0.494 e. The number of ether oxygens (including phenoxy) is 1. The molecule has 3 rings (SSSR count). The molecule has 0 aliphatic heterocycles. The van der Waals surface area contributed by atoms with E-state index in [1.54, 1.807) is 42.5 Å². The molecule has 0 spiro atoms. The summed E-state index contributed by atoms with van der Waals surface area (Å²) in [6.07, 6.45) is 0. The van der Waals surface area contributed by atoms with Crippen LogP contribution in [0.5, 0.6) is 11.6 Å². The Morgan fingerprint density at radius 1 is 1.14 bits per heavy atom. The minimum absolute atomic E-state index is 0.0833. The second kappa shape index (κ2) is 11.3. The van der Waals surface area contributed by atoms with E-state index in [2.05, 4.69) is 10.3 Å². The summed E-state index contributed by atoms with van der Waals surface area (Å²) in [6, 6.07) is 12.0. The van der Waals surface area contributed by atoms with Crippen LogP contribution in [0.2, 0.25) is 5.02 Å². The van der Waals surface area contributed by atoms with E-state index in [1.807, 2.05) is 13.8 Å². The van der Waals surface area contributed by atoms with Crippen LogP contribution in [0.25, 0.3) is 0 Å². The van der Waals surface area contributed by atoms with E-state index in [1.165, 1.54) is 14.1 Å². The first-order chi connectivity index (χ1) is 16.6. The van der Waals surface area contributed by atoms with E-state index in [-0.39, 0.29) is 22.3 Å². The van der Waals surface area contributed by atoms with Crippen LogP contribution in [0.1, 0.15) is 18.1 Å². The van der Waals surface area contributed by atoms with Gasteiger partial charge >= 0.3 is 5.69 Å². The predicted octanol–water partition coefficient (Wildman–Crippen LogP) is 3.60. The fourth-order valence-corrected chi connectivity index (χ4v) is 4.10. The molecule has 1 heterocycles. The lowest BCUT2D eigenvalue weighted by Crippen LogP contribution is -2.39. The van der Waals surface area contributed by atoms with Gasteiger partial charge in [-0.15, -0.1) is 0 Å². The number of nitrogens with zero attached hydrogens (tertiary/aromatic N) is 3. The molecule has 0 radical (unpaired) electrons. The van der Waals surface area contributed by atoms with Crippen molar-refractivity contribution in [3.8, 4) is 11.6 Å². The average molecular weight is 517 g/mol. The lowest BCUT2D eigenvalue weighted by Gasteiger charge is -2.13. The number of rotatable bonds is 7. The summed E-state index contributed by atoms with van der Waals surface area (Å²) in [7, 11) is 2.65. The number of benzene rings is 2. The quantitative estimate of drug-likeness (QED) is 0.366. The van der Waals surface area contributed by atoms with Gasteiger partial charge in [0.25, 0.3) is 5.56 Å². The summed E-state index contributed by atoms with van der Waals surface area (Å²) in [5.74, 6) is -0.374. The van der Waals surface area contributed by atoms with Crippen LogP contribution in [0.15, 0.2) is 57.0 Å². The number of carbonyl (C=O) groups is 1. The van der Waals surface area contributed by atoms with Gasteiger partial charge in [-0.25, -0.2) is 9.79 Å². The SMILES string of the molecule is CCOc1ccc(N=C(SCC(=O)Nc2ccc(C)c(Cl)c2)c2c(O)n(C)c(=O)n(C)c2=O)cc1. The highest BCUT2D eigenvalue weighted by molar-refractivity contribution is 8.15. The summed E-state index contributed by atoms with van der Waals surface area (Å²) in [4.78, 5) is 42.2. The molecule has 0 saturated heterocycles. The maximum absolute atomic E-state index is 12.9. The summed E-state index contributed by atoms with van der Waals surface area (Å²) in [6.45, 7) is 4.23. The number of amides is 1. The van der Waals surface area contributed by atoms with Gasteiger partial charge in [-0.2, -0.15) is 0 Å². The molecule has 0 aliphatic rings. The number of anilines is 1. The largest absolute Gasteiger partial charge is 0.494 e. The number of aromatic nitrogens is 2. The summed E-state index contributed by atoms with van der Waals surface area (Å²) in [5, 5.41) is 14.0. The maximum atomic E-state index is 12.9. The highest BCUT2D eigenvalue weighted by Crippen LogP contribution is 2.25. The molecule has 0 unspecified atom stereocenters. The Morgan fingerprint density at radius 3 is 2.46 bits per heavy atom. The van der Waals surface area contributed by atoms with Gasteiger partial charge in [0.2, 0.25) is 11.8 Å². The molecule has 1 amide bonds. The van der Waals surface area contributed by atoms with Gasteiger partial charge in [0.05, 0.1) is 18.0 Å². The number of aryl methyl sites for hydroxylation is 1. The van der Waals surface area contributed by atoms with Crippen molar-refractivity contribution in [2.24, 2.45) is 19.1 Å². The lowest BCUT2D eigenvalue weighted by atomic mass is 10.2. The van der Waals surface area contributed by atoms with Gasteiger partial charge in [-0.05, 0) is 55.8 Å². The highest BCUT2D eigenvalue weighted by atomic mass is 35.5. The van der Waals surface area contributed by atoms with Crippen molar-refractivity contribution in [3.63, 3.8) is 0 Å².